The molecular weight excluding hydrogens is 290 g/mol. The van der Waals surface area contributed by atoms with Gasteiger partial charge in [-0.15, -0.1) is 0 Å². The number of rotatable bonds is 4. The molecule has 2 saturated carbocycles. The first-order valence-electron chi connectivity index (χ1n) is 9.14. The van der Waals surface area contributed by atoms with Gasteiger partial charge in [-0.2, -0.15) is 5.10 Å². The van der Waals surface area contributed by atoms with Crippen LogP contribution in [0.3, 0.4) is 0 Å². The van der Waals surface area contributed by atoms with Gasteiger partial charge in [-0.3, -0.25) is 9.48 Å². The van der Waals surface area contributed by atoms with Crippen LogP contribution in [-0.2, 0) is 11.8 Å². The van der Waals surface area contributed by atoms with E-state index in [1.165, 1.54) is 38.5 Å². The lowest BCUT2D eigenvalue weighted by Crippen LogP contribution is -2.29. The summed E-state index contributed by atoms with van der Waals surface area (Å²) in [5.41, 5.74) is 1.66. The van der Waals surface area contributed by atoms with E-state index in [1.54, 1.807) is 4.68 Å². The van der Waals surface area contributed by atoms with Crippen molar-refractivity contribution in [3.8, 4) is 0 Å². The molecule has 4 rings (SSSR count). The van der Waals surface area contributed by atoms with Crippen molar-refractivity contribution in [1.82, 2.24) is 15.1 Å². The highest BCUT2D eigenvalue weighted by Crippen LogP contribution is 2.44. The summed E-state index contributed by atoms with van der Waals surface area (Å²) in [6.45, 7) is 1.46. The molecule has 5 heteroatoms. The summed E-state index contributed by atoms with van der Waals surface area (Å²) in [4.78, 5) is 12.7. The molecule has 0 aromatic carbocycles. The van der Waals surface area contributed by atoms with Crippen LogP contribution in [0.1, 0.15) is 66.9 Å². The number of hydrogen-bond donors (Lipinski definition) is 1. The Hall–Kier alpha value is -1.36. The fourth-order valence-corrected chi connectivity index (χ4v) is 4.44. The van der Waals surface area contributed by atoms with Crippen molar-refractivity contribution < 1.29 is 9.53 Å². The zero-order valence-electron chi connectivity index (χ0n) is 14.0. The lowest BCUT2D eigenvalue weighted by molar-refractivity contribution is 0.0945. The molecule has 126 valence electrons. The quantitative estimate of drug-likeness (QED) is 0.929. The number of nitrogens with zero attached hydrogens (tertiary/aromatic N) is 2. The molecule has 3 fully saturated rings. The van der Waals surface area contributed by atoms with E-state index in [0.717, 1.165) is 30.2 Å². The molecule has 1 aliphatic heterocycles. The molecular formula is C18H27N3O2. The SMILES string of the molecule is Cn1cc(C(=O)N[C@@H]2C[C@@H]2C2CCCCC2)c([C@H]2CCOC2)n1. The van der Waals surface area contributed by atoms with Crippen LogP contribution in [0.2, 0.25) is 0 Å². The Morgan fingerprint density at radius 3 is 2.87 bits per heavy atom. The molecule has 1 aromatic heterocycles. The minimum Gasteiger partial charge on any atom is -0.381 e. The van der Waals surface area contributed by atoms with Gasteiger partial charge in [0.2, 0.25) is 0 Å². The first-order valence-corrected chi connectivity index (χ1v) is 9.14. The minimum absolute atomic E-state index is 0.0586. The molecule has 0 bridgehead atoms. The van der Waals surface area contributed by atoms with Crippen LogP contribution < -0.4 is 5.32 Å². The van der Waals surface area contributed by atoms with Gasteiger partial charge in [0.15, 0.2) is 0 Å². The summed E-state index contributed by atoms with van der Waals surface area (Å²) in [5, 5.41) is 7.79. The fourth-order valence-electron chi connectivity index (χ4n) is 4.44. The fraction of sp³-hybridized carbons (Fsp3) is 0.778. The number of ether oxygens (including phenoxy) is 1. The van der Waals surface area contributed by atoms with Crippen LogP contribution >= 0.6 is 0 Å². The predicted octanol–water partition coefficient (Wildman–Crippen LogP) is 2.62. The Labute approximate surface area is 137 Å². The number of aromatic nitrogens is 2. The molecule has 3 aliphatic rings. The number of carbonyl (C=O) groups is 1. The summed E-state index contributed by atoms with van der Waals surface area (Å²) in [6, 6.07) is 0.387. The molecule has 0 spiro atoms. The molecule has 0 radical (unpaired) electrons. The van der Waals surface area contributed by atoms with Gasteiger partial charge in [0.05, 0.1) is 17.9 Å². The molecule has 3 atom stereocenters. The summed E-state index contributed by atoms with van der Waals surface area (Å²) in [6.07, 6.45) is 10.8. The Morgan fingerprint density at radius 1 is 1.30 bits per heavy atom. The second-order valence-electron chi connectivity index (χ2n) is 7.54. The first-order chi connectivity index (χ1) is 11.2. The maximum Gasteiger partial charge on any atom is 0.254 e. The Balaban J connectivity index is 1.40. The van der Waals surface area contributed by atoms with E-state index in [2.05, 4.69) is 10.4 Å². The van der Waals surface area contributed by atoms with Crippen molar-refractivity contribution >= 4 is 5.91 Å². The summed E-state index contributed by atoms with van der Waals surface area (Å²) in [5.74, 6) is 1.88. The van der Waals surface area contributed by atoms with Gasteiger partial charge < -0.3 is 10.1 Å². The Kier molecular flexibility index (Phi) is 4.14. The first kappa shape index (κ1) is 15.2. The van der Waals surface area contributed by atoms with Crippen LogP contribution in [0.15, 0.2) is 6.20 Å². The van der Waals surface area contributed by atoms with Gasteiger partial charge in [0.25, 0.3) is 5.91 Å². The molecule has 1 N–H and O–H groups in total. The maximum absolute atomic E-state index is 12.7. The van der Waals surface area contributed by atoms with Gasteiger partial charge in [-0.1, -0.05) is 32.1 Å². The number of carbonyl (C=O) groups excluding carboxylic acids is 1. The maximum atomic E-state index is 12.7. The standard InChI is InChI=1S/C18H27N3O2/c1-21-10-15(17(20-21)13-7-8-23-11-13)18(22)19-16-9-14(16)12-5-3-2-4-6-12/h10,12-14,16H,2-9,11H2,1H3,(H,19,22)/t13-,14+,16+/m0/s1. The lowest BCUT2D eigenvalue weighted by atomic mass is 9.85. The lowest BCUT2D eigenvalue weighted by Gasteiger charge is -2.21. The van der Waals surface area contributed by atoms with Crippen molar-refractivity contribution in [3.63, 3.8) is 0 Å². The second kappa shape index (κ2) is 6.27. The van der Waals surface area contributed by atoms with E-state index in [1.807, 2.05) is 13.2 Å². The van der Waals surface area contributed by atoms with Crippen LogP contribution in [0, 0.1) is 11.8 Å². The van der Waals surface area contributed by atoms with Gasteiger partial charge in [0, 0.05) is 31.8 Å². The zero-order valence-corrected chi connectivity index (χ0v) is 14.0. The van der Waals surface area contributed by atoms with Crippen LogP contribution in [0.5, 0.6) is 0 Å². The van der Waals surface area contributed by atoms with Gasteiger partial charge in [-0.25, -0.2) is 0 Å². The van der Waals surface area contributed by atoms with E-state index in [-0.39, 0.29) is 11.8 Å². The summed E-state index contributed by atoms with van der Waals surface area (Å²) < 4.78 is 7.22. The highest BCUT2D eigenvalue weighted by atomic mass is 16.5. The zero-order chi connectivity index (χ0) is 15.8. The average Bonchev–Trinajstić information content (AvgIpc) is 2.98. The third-order valence-electron chi connectivity index (χ3n) is 5.83. The van der Waals surface area contributed by atoms with Crippen molar-refractivity contribution in [3.05, 3.63) is 17.5 Å². The number of hydrogen-bond acceptors (Lipinski definition) is 3. The number of aryl methyl sites for hydroxylation is 1. The third kappa shape index (κ3) is 3.16. The molecule has 1 aromatic rings. The van der Waals surface area contributed by atoms with Crippen LogP contribution in [0.25, 0.3) is 0 Å². The van der Waals surface area contributed by atoms with Crippen molar-refractivity contribution in [1.29, 1.82) is 0 Å². The Morgan fingerprint density at radius 2 is 2.13 bits per heavy atom. The second-order valence-corrected chi connectivity index (χ2v) is 7.54. The highest BCUT2D eigenvalue weighted by Gasteiger charge is 2.44. The smallest absolute Gasteiger partial charge is 0.254 e. The Bertz CT molecular complexity index is 571. The van der Waals surface area contributed by atoms with E-state index in [4.69, 9.17) is 4.74 Å². The molecule has 1 amide bonds. The summed E-state index contributed by atoms with van der Waals surface area (Å²) >= 11 is 0. The number of amides is 1. The van der Waals surface area contributed by atoms with Gasteiger partial charge in [0.1, 0.15) is 0 Å². The van der Waals surface area contributed by atoms with E-state index in [0.29, 0.717) is 18.6 Å². The topological polar surface area (TPSA) is 56.2 Å². The van der Waals surface area contributed by atoms with Crippen LogP contribution in [-0.4, -0.2) is 34.9 Å². The minimum atomic E-state index is 0.0586. The molecule has 1 saturated heterocycles. The van der Waals surface area contributed by atoms with E-state index >= 15 is 0 Å². The monoisotopic (exact) mass is 317 g/mol. The average molecular weight is 317 g/mol. The highest BCUT2D eigenvalue weighted by molar-refractivity contribution is 5.95. The molecule has 2 heterocycles. The van der Waals surface area contributed by atoms with Gasteiger partial charge in [-0.05, 0) is 24.7 Å². The molecule has 0 unspecified atom stereocenters. The van der Waals surface area contributed by atoms with Crippen molar-refractivity contribution in [2.45, 2.75) is 56.9 Å². The molecule has 23 heavy (non-hydrogen) atoms. The summed E-state index contributed by atoms with van der Waals surface area (Å²) in [7, 11) is 1.89. The third-order valence-corrected chi connectivity index (χ3v) is 5.83. The molecule has 2 aliphatic carbocycles. The largest absolute Gasteiger partial charge is 0.381 e. The molecule has 5 nitrogen and oxygen atoms in total. The number of nitrogens with one attached hydrogen (secondary N) is 1. The normalized spacial score (nSPS) is 31.3. The van der Waals surface area contributed by atoms with E-state index < -0.39 is 0 Å². The van der Waals surface area contributed by atoms with Crippen LogP contribution in [0.4, 0.5) is 0 Å². The van der Waals surface area contributed by atoms with E-state index in [9.17, 15) is 4.79 Å². The van der Waals surface area contributed by atoms with Crippen molar-refractivity contribution in [2.75, 3.05) is 13.2 Å². The predicted molar refractivity (Wildman–Crippen MR) is 87.3 cm³/mol. The van der Waals surface area contributed by atoms with Crippen molar-refractivity contribution in [2.24, 2.45) is 18.9 Å². The van der Waals surface area contributed by atoms with Gasteiger partial charge >= 0.3 is 0 Å².